The molecule has 0 N–H and O–H groups in total. The number of hydrogen-bond donors (Lipinski definition) is 0. The van der Waals surface area contributed by atoms with Gasteiger partial charge in [-0.1, -0.05) is 52.4 Å². The van der Waals surface area contributed by atoms with Crippen molar-refractivity contribution in [3.63, 3.8) is 0 Å². The van der Waals surface area contributed by atoms with Gasteiger partial charge in [0.25, 0.3) is 0 Å². The van der Waals surface area contributed by atoms with Gasteiger partial charge in [0, 0.05) is 12.8 Å². The number of rotatable bonds is 2. The summed E-state index contributed by atoms with van der Waals surface area (Å²) < 4.78 is 0. The van der Waals surface area contributed by atoms with E-state index in [9.17, 15) is 9.59 Å². The van der Waals surface area contributed by atoms with Gasteiger partial charge < -0.3 is 0 Å². The number of ketones is 2. The van der Waals surface area contributed by atoms with Gasteiger partial charge in [0.1, 0.15) is 0 Å². The second-order valence-electron chi connectivity index (χ2n) is 6.31. The summed E-state index contributed by atoms with van der Waals surface area (Å²) in [5.74, 6) is 0.437. The van der Waals surface area contributed by atoms with Crippen molar-refractivity contribution in [3.05, 3.63) is 23.3 Å². The molecule has 0 aromatic rings. The van der Waals surface area contributed by atoms with Crippen molar-refractivity contribution in [1.82, 2.24) is 0 Å². The third-order valence-electron chi connectivity index (χ3n) is 4.44. The zero-order valence-electron chi connectivity index (χ0n) is 14.5. The van der Waals surface area contributed by atoms with E-state index in [1.54, 1.807) is 12.2 Å². The minimum Gasteiger partial charge on any atom is -0.295 e. The van der Waals surface area contributed by atoms with Crippen LogP contribution in [0.5, 0.6) is 0 Å². The largest absolute Gasteiger partial charge is 0.295 e. The molecule has 0 aromatic carbocycles. The fourth-order valence-electron chi connectivity index (χ4n) is 3.04. The molecule has 0 unspecified atom stereocenters. The van der Waals surface area contributed by atoms with Crippen LogP contribution in [-0.2, 0) is 9.59 Å². The lowest BCUT2D eigenvalue weighted by atomic mass is 9.96. The van der Waals surface area contributed by atoms with E-state index < -0.39 is 0 Å². The monoisotopic (exact) mass is 304 g/mol. The summed E-state index contributed by atoms with van der Waals surface area (Å²) >= 11 is 0. The van der Waals surface area contributed by atoms with Crippen LogP contribution >= 0.6 is 0 Å². The molecule has 0 aromatic heterocycles. The molecule has 0 bridgehead atoms. The lowest BCUT2D eigenvalue weighted by Gasteiger charge is -2.09. The Hall–Kier alpha value is -1.18. The van der Waals surface area contributed by atoms with Gasteiger partial charge in [0.05, 0.1) is 0 Å². The molecule has 1 aliphatic carbocycles. The second kappa shape index (κ2) is 11.4. The Morgan fingerprint density at radius 2 is 0.955 bits per heavy atom. The van der Waals surface area contributed by atoms with Crippen LogP contribution < -0.4 is 0 Å². The van der Waals surface area contributed by atoms with Crippen molar-refractivity contribution in [1.29, 1.82) is 0 Å². The van der Waals surface area contributed by atoms with Gasteiger partial charge in [-0.25, -0.2) is 0 Å². The van der Waals surface area contributed by atoms with Crippen molar-refractivity contribution in [2.24, 2.45) is 0 Å². The van der Waals surface area contributed by atoms with E-state index in [-0.39, 0.29) is 11.6 Å². The molecule has 1 aliphatic rings. The van der Waals surface area contributed by atoms with E-state index in [0.717, 1.165) is 49.7 Å². The maximum atomic E-state index is 12.1. The van der Waals surface area contributed by atoms with Crippen molar-refractivity contribution in [2.75, 3.05) is 0 Å². The van der Waals surface area contributed by atoms with Crippen LogP contribution in [0.4, 0.5) is 0 Å². The Morgan fingerprint density at radius 3 is 1.27 bits per heavy atom. The smallest absolute Gasteiger partial charge is 0.155 e. The molecule has 0 atom stereocenters. The molecule has 0 radical (unpaired) electrons. The Labute approximate surface area is 136 Å². The van der Waals surface area contributed by atoms with Crippen LogP contribution in [0.2, 0.25) is 0 Å². The molecule has 124 valence electrons. The van der Waals surface area contributed by atoms with E-state index in [0.29, 0.717) is 12.8 Å². The normalized spacial score (nSPS) is 25.2. The fraction of sp³-hybridized carbons (Fsp3) is 0.700. The van der Waals surface area contributed by atoms with E-state index in [1.807, 2.05) is 0 Å². The minimum absolute atomic E-state index is 0.218. The van der Waals surface area contributed by atoms with E-state index in [2.05, 4.69) is 13.8 Å². The van der Waals surface area contributed by atoms with Gasteiger partial charge >= 0.3 is 0 Å². The summed E-state index contributed by atoms with van der Waals surface area (Å²) in [7, 11) is 0. The van der Waals surface area contributed by atoms with Gasteiger partial charge in [-0.15, -0.1) is 0 Å². The number of carbonyl (C=O) groups excluding carboxylic acids is 2. The topological polar surface area (TPSA) is 34.1 Å². The Kier molecular flexibility index (Phi) is 9.77. The number of carbonyl (C=O) groups is 2. The first-order chi connectivity index (χ1) is 10.7. The summed E-state index contributed by atoms with van der Waals surface area (Å²) in [5, 5.41) is 0. The highest BCUT2D eigenvalue weighted by molar-refractivity contribution is 5.93. The SMILES string of the molecule is CCC1=C/C(=O)CCCCCCCCCCC(=O)\C=C\1CC. The Bertz CT molecular complexity index is 375. The highest BCUT2D eigenvalue weighted by Gasteiger charge is 2.08. The van der Waals surface area contributed by atoms with Crippen LogP contribution in [0.1, 0.15) is 90.9 Å². The Morgan fingerprint density at radius 1 is 0.636 bits per heavy atom. The summed E-state index contributed by atoms with van der Waals surface area (Å²) in [6, 6.07) is 0. The molecule has 0 saturated carbocycles. The second-order valence-corrected chi connectivity index (χ2v) is 6.31. The summed E-state index contributed by atoms with van der Waals surface area (Å²) in [6.07, 6.45) is 15.8. The van der Waals surface area contributed by atoms with Crippen molar-refractivity contribution < 1.29 is 9.59 Å². The molecule has 1 rings (SSSR count). The fourth-order valence-corrected chi connectivity index (χ4v) is 3.04. The number of allylic oxidation sites excluding steroid dienone is 4. The zero-order chi connectivity index (χ0) is 16.2. The van der Waals surface area contributed by atoms with Gasteiger partial charge in [-0.3, -0.25) is 9.59 Å². The maximum Gasteiger partial charge on any atom is 0.155 e. The minimum atomic E-state index is 0.218. The van der Waals surface area contributed by atoms with Crippen molar-refractivity contribution in [3.8, 4) is 0 Å². The molecule has 0 aliphatic heterocycles. The lowest BCUT2D eigenvalue weighted by Crippen LogP contribution is -2.01. The highest BCUT2D eigenvalue weighted by Crippen LogP contribution is 2.20. The van der Waals surface area contributed by atoms with Crippen molar-refractivity contribution in [2.45, 2.75) is 90.9 Å². The zero-order valence-corrected chi connectivity index (χ0v) is 14.5. The molecule has 0 fully saturated rings. The lowest BCUT2D eigenvalue weighted by molar-refractivity contribution is -0.115. The first kappa shape index (κ1) is 18.9. The van der Waals surface area contributed by atoms with Crippen LogP contribution in [0.15, 0.2) is 23.3 Å². The van der Waals surface area contributed by atoms with Gasteiger partial charge in [0.15, 0.2) is 11.6 Å². The molecule has 2 heteroatoms. The standard InChI is InChI=1S/C20H32O2/c1-3-17-15-19(21)13-11-9-7-5-6-8-10-12-14-20(22)16-18(17)4-2/h15-16H,3-14H2,1-2H3/b17-15-,18-16+. The molecule has 0 amide bonds. The van der Waals surface area contributed by atoms with Crippen LogP contribution in [-0.4, -0.2) is 11.6 Å². The molecular weight excluding hydrogens is 272 g/mol. The molecule has 22 heavy (non-hydrogen) atoms. The van der Waals surface area contributed by atoms with Gasteiger partial charge in [-0.05, 0) is 49.0 Å². The predicted octanol–water partition coefficient (Wildman–Crippen LogP) is 5.71. The molecule has 2 nitrogen and oxygen atoms in total. The summed E-state index contributed by atoms with van der Waals surface area (Å²) in [4.78, 5) is 24.2. The maximum absolute atomic E-state index is 12.1. The van der Waals surface area contributed by atoms with Crippen LogP contribution in [0.25, 0.3) is 0 Å². The van der Waals surface area contributed by atoms with Gasteiger partial charge in [0.2, 0.25) is 0 Å². The van der Waals surface area contributed by atoms with Crippen LogP contribution in [0.3, 0.4) is 0 Å². The summed E-state index contributed by atoms with van der Waals surface area (Å²) in [6.45, 7) is 4.12. The van der Waals surface area contributed by atoms with Crippen molar-refractivity contribution >= 4 is 11.6 Å². The van der Waals surface area contributed by atoms with E-state index >= 15 is 0 Å². The third-order valence-corrected chi connectivity index (χ3v) is 4.44. The molecule has 0 spiro atoms. The average Bonchev–Trinajstić information content (AvgIpc) is 2.51. The molecule has 0 saturated heterocycles. The Balaban J connectivity index is 2.82. The molecule has 0 heterocycles. The van der Waals surface area contributed by atoms with Gasteiger partial charge in [-0.2, -0.15) is 0 Å². The predicted molar refractivity (Wildman–Crippen MR) is 92.9 cm³/mol. The number of hydrogen-bond acceptors (Lipinski definition) is 2. The summed E-state index contributed by atoms with van der Waals surface area (Å²) in [5.41, 5.74) is 2.10. The third kappa shape index (κ3) is 7.72. The molecular formula is C20H32O2. The first-order valence-corrected chi connectivity index (χ1v) is 9.14. The van der Waals surface area contributed by atoms with E-state index in [1.165, 1.54) is 25.7 Å². The highest BCUT2D eigenvalue weighted by atomic mass is 16.1. The van der Waals surface area contributed by atoms with E-state index in [4.69, 9.17) is 0 Å². The average molecular weight is 304 g/mol. The quantitative estimate of drug-likeness (QED) is 0.654. The first-order valence-electron chi connectivity index (χ1n) is 9.14. The van der Waals surface area contributed by atoms with Crippen LogP contribution in [0, 0.1) is 0 Å².